The number of hydrogen-bond donors (Lipinski definition) is 0. The standard InChI is InChI=1S/C29H22N2O4.Na/c1-16-8-13-25(34-18(3)20-11-9-19(15-30)10-12-20)26-22(29(32)33)14-23(31-27(16)26)28-17(2)21-6-4-5-7-24(21)35-28;/h4-14,18H,1-3H3,(H,32,33);/q;+1/p-1. The molecule has 36 heavy (non-hydrogen) atoms. The minimum absolute atomic E-state index is 0. The van der Waals surface area contributed by atoms with Crippen LogP contribution in [-0.4, -0.2) is 11.0 Å². The van der Waals surface area contributed by atoms with Crippen LogP contribution < -0.4 is 39.4 Å². The summed E-state index contributed by atoms with van der Waals surface area (Å²) in [5.41, 5.74) is 4.72. The minimum atomic E-state index is -1.33. The van der Waals surface area contributed by atoms with Crippen LogP contribution in [0.1, 0.15) is 45.6 Å². The monoisotopic (exact) mass is 484 g/mol. The molecule has 0 fully saturated rings. The van der Waals surface area contributed by atoms with Crippen molar-refractivity contribution in [3.8, 4) is 23.3 Å². The van der Waals surface area contributed by atoms with Crippen molar-refractivity contribution < 1.29 is 48.6 Å². The molecule has 5 rings (SSSR count). The van der Waals surface area contributed by atoms with Crippen molar-refractivity contribution >= 4 is 27.8 Å². The van der Waals surface area contributed by atoms with Gasteiger partial charge in [0.05, 0.1) is 28.5 Å². The number of furan rings is 1. The maximum atomic E-state index is 12.3. The number of nitriles is 1. The Morgan fingerprint density at radius 1 is 1.08 bits per heavy atom. The summed E-state index contributed by atoms with van der Waals surface area (Å²) in [7, 11) is 0. The zero-order valence-electron chi connectivity index (χ0n) is 20.5. The molecule has 1 unspecified atom stereocenters. The summed E-state index contributed by atoms with van der Waals surface area (Å²) < 4.78 is 12.3. The number of ether oxygens (including phenoxy) is 1. The molecular weight excluding hydrogens is 463 g/mol. The molecule has 0 radical (unpaired) electrons. The van der Waals surface area contributed by atoms with Gasteiger partial charge >= 0.3 is 29.6 Å². The van der Waals surface area contributed by atoms with Gasteiger partial charge in [0.15, 0.2) is 5.76 Å². The van der Waals surface area contributed by atoms with Crippen LogP contribution in [0.2, 0.25) is 0 Å². The fourth-order valence-corrected chi connectivity index (χ4v) is 4.32. The smallest absolute Gasteiger partial charge is 0.545 e. The number of fused-ring (bicyclic) bond motifs is 2. The third-order valence-electron chi connectivity index (χ3n) is 6.23. The van der Waals surface area contributed by atoms with E-state index in [4.69, 9.17) is 19.4 Å². The van der Waals surface area contributed by atoms with Crippen LogP contribution >= 0.6 is 0 Å². The van der Waals surface area contributed by atoms with Crippen LogP contribution in [0.15, 0.2) is 71.1 Å². The van der Waals surface area contributed by atoms with Crippen molar-refractivity contribution in [3.05, 3.63) is 94.5 Å². The molecule has 0 bridgehead atoms. The molecule has 0 saturated heterocycles. The van der Waals surface area contributed by atoms with Gasteiger partial charge in [0, 0.05) is 16.5 Å². The van der Waals surface area contributed by atoms with E-state index in [0.29, 0.717) is 39.3 Å². The molecule has 2 aromatic heterocycles. The summed E-state index contributed by atoms with van der Waals surface area (Å²) in [4.78, 5) is 17.1. The van der Waals surface area contributed by atoms with Gasteiger partial charge in [-0.2, -0.15) is 5.26 Å². The van der Waals surface area contributed by atoms with E-state index in [9.17, 15) is 9.90 Å². The average molecular weight is 484 g/mol. The summed E-state index contributed by atoms with van der Waals surface area (Å²) in [6.45, 7) is 5.67. The van der Waals surface area contributed by atoms with E-state index in [1.165, 1.54) is 6.07 Å². The summed E-state index contributed by atoms with van der Waals surface area (Å²) in [6.07, 6.45) is -0.388. The van der Waals surface area contributed by atoms with Crippen molar-refractivity contribution in [3.63, 3.8) is 0 Å². The zero-order chi connectivity index (χ0) is 24.7. The topological polar surface area (TPSA) is 99.2 Å². The molecule has 3 aromatic carbocycles. The predicted octanol–water partition coefficient (Wildman–Crippen LogP) is 2.64. The molecule has 5 aromatic rings. The van der Waals surface area contributed by atoms with Gasteiger partial charge in [0.25, 0.3) is 0 Å². The molecule has 0 saturated carbocycles. The van der Waals surface area contributed by atoms with E-state index < -0.39 is 5.97 Å². The quantitative estimate of drug-likeness (QED) is 0.356. The van der Waals surface area contributed by atoms with Crippen LogP contribution in [0.5, 0.6) is 5.75 Å². The van der Waals surface area contributed by atoms with E-state index in [1.54, 1.807) is 18.2 Å². The largest absolute Gasteiger partial charge is 1.00 e. The molecule has 172 valence electrons. The maximum Gasteiger partial charge on any atom is 1.00 e. The van der Waals surface area contributed by atoms with Crippen molar-refractivity contribution in [1.29, 1.82) is 5.26 Å². The molecule has 0 amide bonds. The van der Waals surface area contributed by atoms with E-state index in [2.05, 4.69) is 6.07 Å². The number of pyridine rings is 1. The second-order valence-electron chi connectivity index (χ2n) is 8.49. The van der Waals surface area contributed by atoms with Crippen LogP contribution in [0.25, 0.3) is 33.3 Å². The fourth-order valence-electron chi connectivity index (χ4n) is 4.32. The van der Waals surface area contributed by atoms with Crippen molar-refractivity contribution in [2.75, 3.05) is 0 Å². The molecule has 0 aliphatic rings. The summed E-state index contributed by atoms with van der Waals surface area (Å²) in [6, 6.07) is 21.9. The molecular formula is C29H21N2NaO4. The van der Waals surface area contributed by atoms with Crippen LogP contribution in [0, 0.1) is 25.2 Å². The number of nitrogens with zero attached hydrogens (tertiary/aromatic N) is 2. The Morgan fingerprint density at radius 2 is 1.81 bits per heavy atom. The Morgan fingerprint density at radius 3 is 2.47 bits per heavy atom. The van der Waals surface area contributed by atoms with Gasteiger partial charge in [-0.25, -0.2) is 4.98 Å². The van der Waals surface area contributed by atoms with Gasteiger partial charge < -0.3 is 19.1 Å². The molecule has 0 N–H and O–H groups in total. The number of aromatic nitrogens is 1. The third-order valence-corrected chi connectivity index (χ3v) is 6.23. The SMILES string of the molecule is Cc1c(-c2cc(C(=O)[O-])c3c(OC(C)c4ccc(C#N)cc4)ccc(C)c3n2)oc2ccccc12.[Na+]. The molecule has 0 spiro atoms. The van der Waals surface area contributed by atoms with Crippen molar-refractivity contribution in [1.82, 2.24) is 4.98 Å². The number of benzene rings is 3. The molecule has 2 heterocycles. The van der Waals surface area contributed by atoms with E-state index in [1.807, 2.05) is 63.2 Å². The molecule has 0 aliphatic carbocycles. The summed E-state index contributed by atoms with van der Waals surface area (Å²) in [5, 5.41) is 22.7. The number of carbonyl (C=O) groups is 1. The average Bonchev–Trinajstić information content (AvgIpc) is 3.21. The number of carboxylic acids is 1. The predicted molar refractivity (Wildman–Crippen MR) is 131 cm³/mol. The molecule has 6 nitrogen and oxygen atoms in total. The van der Waals surface area contributed by atoms with Gasteiger partial charge in [-0.3, -0.25) is 0 Å². The van der Waals surface area contributed by atoms with Gasteiger partial charge in [-0.05, 0) is 62.2 Å². The normalized spacial score (nSPS) is 11.6. The van der Waals surface area contributed by atoms with Gasteiger partial charge in [-0.15, -0.1) is 0 Å². The zero-order valence-corrected chi connectivity index (χ0v) is 22.5. The number of hydrogen-bond acceptors (Lipinski definition) is 6. The Labute approximate surface area is 230 Å². The third kappa shape index (κ3) is 4.49. The minimum Gasteiger partial charge on any atom is -0.545 e. The number of carbonyl (C=O) groups excluding carboxylic acids is 1. The van der Waals surface area contributed by atoms with E-state index >= 15 is 0 Å². The van der Waals surface area contributed by atoms with Crippen LogP contribution in [-0.2, 0) is 0 Å². The van der Waals surface area contributed by atoms with Crippen molar-refractivity contribution in [2.45, 2.75) is 26.9 Å². The van der Waals surface area contributed by atoms with Gasteiger partial charge in [0.1, 0.15) is 23.1 Å². The first-order valence-corrected chi connectivity index (χ1v) is 11.2. The van der Waals surface area contributed by atoms with Gasteiger partial charge in [0.2, 0.25) is 0 Å². The fraction of sp³-hybridized carbons (Fsp3) is 0.138. The summed E-state index contributed by atoms with van der Waals surface area (Å²) in [5.74, 6) is -0.414. The summed E-state index contributed by atoms with van der Waals surface area (Å²) >= 11 is 0. The number of carboxylic acid groups (broad SMARTS) is 1. The second kappa shape index (κ2) is 10.2. The van der Waals surface area contributed by atoms with Crippen LogP contribution in [0.4, 0.5) is 0 Å². The molecule has 7 heteroatoms. The molecule has 1 atom stereocenters. The first kappa shape index (κ1) is 25.5. The second-order valence-corrected chi connectivity index (χ2v) is 8.49. The Kier molecular flexibility index (Phi) is 7.18. The maximum absolute atomic E-state index is 12.3. The first-order valence-electron chi connectivity index (χ1n) is 11.2. The van der Waals surface area contributed by atoms with E-state index in [-0.39, 0.29) is 41.2 Å². The van der Waals surface area contributed by atoms with Gasteiger partial charge in [-0.1, -0.05) is 36.4 Å². The number of aryl methyl sites for hydroxylation is 2. The van der Waals surface area contributed by atoms with Crippen LogP contribution in [0.3, 0.4) is 0 Å². The Bertz CT molecular complexity index is 1650. The first-order chi connectivity index (χ1) is 16.9. The Balaban J connectivity index is 0.00000304. The number of aromatic carboxylic acids is 1. The number of rotatable bonds is 5. The van der Waals surface area contributed by atoms with E-state index in [0.717, 1.165) is 22.1 Å². The number of para-hydroxylation sites is 1. The van der Waals surface area contributed by atoms with Crippen molar-refractivity contribution in [2.24, 2.45) is 0 Å². The molecule has 0 aliphatic heterocycles. The Hall–Kier alpha value is -3.63.